The minimum Gasteiger partial charge on any atom is -0.531 e. The van der Waals surface area contributed by atoms with E-state index >= 15 is 0 Å². The smallest absolute Gasteiger partial charge is 0.531 e. The molecule has 1 saturated heterocycles. The summed E-state index contributed by atoms with van der Waals surface area (Å²) in [5, 5.41) is 33.3. The first kappa shape index (κ1) is 17.5. The molecule has 0 aliphatic carbocycles. The van der Waals surface area contributed by atoms with Crippen molar-refractivity contribution < 1.29 is 142 Å². The molecule has 0 aromatic rings. The van der Waals surface area contributed by atoms with Crippen molar-refractivity contribution in [1.82, 2.24) is 0 Å². The molecule has 0 bridgehead atoms. The van der Waals surface area contributed by atoms with E-state index in [1.165, 1.54) is 0 Å². The second kappa shape index (κ2) is 6.62. The molecule has 0 amide bonds. The first-order valence-corrected chi connectivity index (χ1v) is 2.31. The Bertz CT molecular complexity index is 107. The van der Waals surface area contributed by atoms with Crippen LogP contribution in [-0.2, 0) is 19.2 Å². The zero-order chi connectivity index (χ0) is 7.83. The maximum atomic E-state index is 8.32. The molecule has 8 nitrogen and oxygen atoms in total. The second-order valence-electron chi connectivity index (χ2n) is 1.65. The second-order valence-corrected chi connectivity index (χ2v) is 1.65. The molecule has 1 heterocycles. The molecule has 12 heteroatoms. The third-order valence-corrected chi connectivity index (χ3v) is 0.613. The van der Waals surface area contributed by atoms with Crippen LogP contribution in [-0.4, -0.2) is 34.0 Å². The molecular weight excluding hydrogens is 228 g/mol. The normalized spacial score (nSPS) is 25.0. The molecule has 4 N–H and O–H groups in total. The Kier molecular flexibility index (Phi) is 9.64. The summed E-state index contributed by atoms with van der Waals surface area (Å²) in [6.07, 6.45) is 0. The third-order valence-electron chi connectivity index (χ3n) is 0.613. The molecule has 1 rings (SSSR count). The SMILES string of the molecule is O[B-]1(O)OO[B-](O)(O)OO1.[K+].[K+]. The van der Waals surface area contributed by atoms with Crippen LogP contribution in [0.3, 0.4) is 0 Å². The standard InChI is InChI=1S/B2H4O8.2K/c3-1(4)7-9-2(5,6)10-8-1;;/h3-6H;;/q-2;2*+1. The number of hydrogen-bond donors (Lipinski definition) is 4. The van der Waals surface area contributed by atoms with Crippen molar-refractivity contribution >= 4 is 13.9 Å². The van der Waals surface area contributed by atoms with Crippen LogP contribution in [0.1, 0.15) is 0 Å². The van der Waals surface area contributed by atoms with Crippen LogP contribution in [0.4, 0.5) is 0 Å². The Balaban J connectivity index is 0. The van der Waals surface area contributed by atoms with Gasteiger partial charge in [0.25, 0.3) is 0 Å². The maximum Gasteiger partial charge on any atom is 1.00 e. The van der Waals surface area contributed by atoms with E-state index in [0.29, 0.717) is 0 Å². The van der Waals surface area contributed by atoms with Crippen molar-refractivity contribution in [3.05, 3.63) is 0 Å². The minimum absolute atomic E-state index is 0. The predicted molar refractivity (Wildman–Crippen MR) is 24.7 cm³/mol. The Labute approximate surface area is 152 Å². The first-order chi connectivity index (χ1) is 4.41. The Morgan fingerprint density at radius 1 is 0.583 bits per heavy atom. The molecular formula is H4B2K2O8. The van der Waals surface area contributed by atoms with Crippen molar-refractivity contribution in [2.24, 2.45) is 0 Å². The quantitative estimate of drug-likeness (QED) is 0.240. The van der Waals surface area contributed by atoms with E-state index in [1.54, 1.807) is 0 Å². The van der Waals surface area contributed by atoms with Gasteiger partial charge < -0.3 is 39.3 Å². The molecule has 1 fully saturated rings. The van der Waals surface area contributed by atoms with Crippen molar-refractivity contribution in [1.29, 1.82) is 0 Å². The van der Waals surface area contributed by atoms with Crippen molar-refractivity contribution in [3.63, 3.8) is 0 Å². The van der Waals surface area contributed by atoms with E-state index in [9.17, 15) is 0 Å². The van der Waals surface area contributed by atoms with Crippen LogP contribution in [0, 0.1) is 0 Å². The molecule has 0 spiro atoms. The number of rotatable bonds is 0. The van der Waals surface area contributed by atoms with E-state index in [2.05, 4.69) is 19.2 Å². The summed E-state index contributed by atoms with van der Waals surface area (Å²) < 4.78 is 0. The zero-order valence-electron chi connectivity index (χ0n) is 6.58. The van der Waals surface area contributed by atoms with Gasteiger partial charge in [0.15, 0.2) is 0 Å². The molecule has 0 aromatic carbocycles. The molecule has 1 aliphatic heterocycles. The largest absolute Gasteiger partial charge is 1.00 e. The van der Waals surface area contributed by atoms with Crippen LogP contribution in [0.25, 0.3) is 0 Å². The maximum absolute atomic E-state index is 8.32. The van der Waals surface area contributed by atoms with Crippen molar-refractivity contribution in [3.8, 4) is 0 Å². The summed E-state index contributed by atoms with van der Waals surface area (Å²) in [7, 11) is 0. The van der Waals surface area contributed by atoms with Gasteiger partial charge in [-0.15, -0.1) is 0 Å². The van der Waals surface area contributed by atoms with Gasteiger partial charge >= 0.3 is 117 Å². The fraction of sp³-hybridized carbons (Fsp3) is 0. The van der Waals surface area contributed by atoms with Gasteiger partial charge in [0.2, 0.25) is 0 Å². The Morgan fingerprint density at radius 2 is 0.750 bits per heavy atom. The van der Waals surface area contributed by atoms with Gasteiger partial charge in [-0.25, -0.2) is 0 Å². The Morgan fingerprint density at radius 3 is 0.917 bits per heavy atom. The predicted octanol–water partition coefficient (Wildman–Crippen LogP) is -9.26. The third kappa shape index (κ3) is 6.54. The topological polar surface area (TPSA) is 118 Å². The van der Waals surface area contributed by atoms with Crippen molar-refractivity contribution in [2.45, 2.75) is 0 Å². The van der Waals surface area contributed by atoms with Gasteiger partial charge in [0.1, 0.15) is 0 Å². The van der Waals surface area contributed by atoms with Crippen LogP contribution in [0.5, 0.6) is 0 Å². The average molecular weight is 232 g/mol. The molecule has 0 saturated carbocycles. The van der Waals surface area contributed by atoms with E-state index in [-0.39, 0.29) is 103 Å². The molecule has 0 atom stereocenters. The van der Waals surface area contributed by atoms with Gasteiger partial charge in [0, 0.05) is 0 Å². The van der Waals surface area contributed by atoms with Gasteiger partial charge in [-0.3, -0.25) is 0 Å². The van der Waals surface area contributed by atoms with Gasteiger partial charge in [-0.2, -0.15) is 0 Å². The fourth-order valence-corrected chi connectivity index (χ4v) is 0.322. The van der Waals surface area contributed by atoms with Gasteiger partial charge in [-0.05, 0) is 0 Å². The molecule has 60 valence electrons. The minimum atomic E-state index is -3.71. The molecule has 0 aromatic heterocycles. The summed E-state index contributed by atoms with van der Waals surface area (Å²) in [4.78, 5) is 14.1. The van der Waals surface area contributed by atoms with Crippen LogP contribution in [0.15, 0.2) is 0 Å². The summed E-state index contributed by atoms with van der Waals surface area (Å²) >= 11 is 0. The van der Waals surface area contributed by atoms with Crippen LogP contribution in [0.2, 0.25) is 0 Å². The number of hydrogen-bond acceptors (Lipinski definition) is 8. The van der Waals surface area contributed by atoms with Crippen molar-refractivity contribution in [2.75, 3.05) is 0 Å². The molecule has 0 unspecified atom stereocenters. The van der Waals surface area contributed by atoms with Crippen LogP contribution < -0.4 is 103 Å². The first-order valence-electron chi connectivity index (χ1n) is 2.31. The van der Waals surface area contributed by atoms with E-state index in [4.69, 9.17) is 20.1 Å². The van der Waals surface area contributed by atoms with E-state index in [0.717, 1.165) is 0 Å². The Hall–Kier alpha value is 3.08. The summed E-state index contributed by atoms with van der Waals surface area (Å²) in [5.41, 5.74) is 0. The van der Waals surface area contributed by atoms with Gasteiger partial charge in [-0.1, -0.05) is 0 Å². The summed E-state index contributed by atoms with van der Waals surface area (Å²) in [6, 6.07) is 0. The monoisotopic (exact) mass is 232 g/mol. The molecule has 12 heavy (non-hydrogen) atoms. The van der Waals surface area contributed by atoms with Gasteiger partial charge in [0.05, 0.1) is 0 Å². The zero-order valence-corrected chi connectivity index (χ0v) is 12.8. The van der Waals surface area contributed by atoms with E-state index < -0.39 is 13.9 Å². The summed E-state index contributed by atoms with van der Waals surface area (Å²) in [6.45, 7) is -7.41. The summed E-state index contributed by atoms with van der Waals surface area (Å²) in [5.74, 6) is 0. The average Bonchev–Trinajstić information content (AvgIpc) is 1.79. The molecule has 1 aliphatic rings. The van der Waals surface area contributed by atoms with E-state index in [1.807, 2.05) is 0 Å². The van der Waals surface area contributed by atoms with Crippen LogP contribution >= 0.6 is 0 Å². The fourth-order valence-electron chi connectivity index (χ4n) is 0.322. The molecule has 0 radical (unpaired) electrons.